The maximum atomic E-state index is 12.9. The molecule has 0 bridgehead atoms. The number of nitrogens with zero attached hydrogens (tertiary/aromatic N) is 1. The predicted molar refractivity (Wildman–Crippen MR) is 92.2 cm³/mol. The molecule has 0 unspecified atom stereocenters. The van der Waals surface area contributed by atoms with Crippen LogP contribution in [-0.4, -0.2) is 26.0 Å². The van der Waals surface area contributed by atoms with Gasteiger partial charge in [0.1, 0.15) is 0 Å². The van der Waals surface area contributed by atoms with Gasteiger partial charge in [-0.25, -0.2) is 13.2 Å². The molecule has 0 spiro atoms. The molecule has 0 atom stereocenters. The fourth-order valence-electron chi connectivity index (χ4n) is 2.91. The number of anilines is 1. The number of rotatable bonds is 4. The maximum Gasteiger partial charge on any atom is 0.335 e. The molecule has 2 aromatic rings. The summed E-state index contributed by atoms with van der Waals surface area (Å²) in [6.07, 6.45) is 0.514. The van der Waals surface area contributed by atoms with E-state index in [0.717, 1.165) is 11.1 Å². The molecule has 1 N–H and O–H groups in total. The van der Waals surface area contributed by atoms with E-state index in [-0.39, 0.29) is 10.5 Å². The van der Waals surface area contributed by atoms with Crippen LogP contribution < -0.4 is 4.31 Å². The van der Waals surface area contributed by atoms with Gasteiger partial charge in [-0.05, 0) is 53.8 Å². The van der Waals surface area contributed by atoms with Gasteiger partial charge in [0.25, 0.3) is 10.0 Å². The second-order valence-electron chi connectivity index (χ2n) is 6.20. The molecule has 2 aromatic carbocycles. The van der Waals surface area contributed by atoms with Crippen molar-refractivity contribution in [2.24, 2.45) is 0 Å². The third-order valence-corrected chi connectivity index (χ3v) is 6.14. The zero-order valence-electron chi connectivity index (χ0n) is 13.6. The Bertz CT molecular complexity index is 886. The maximum absolute atomic E-state index is 12.9. The summed E-state index contributed by atoms with van der Waals surface area (Å²) < 4.78 is 27.2. The van der Waals surface area contributed by atoms with Crippen LogP contribution in [0.3, 0.4) is 0 Å². The van der Waals surface area contributed by atoms with E-state index in [0.29, 0.717) is 24.6 Å². The molecule has 0 aliphatic carbocycles. The minimum Gasteiger partial charge on any atom is -0.478 e. The number of aromatic carboxylic acids is 1. The second kappa shape index (κ2) is 5.94. The van der Waals surface area contributed by atoms with E-state index < -0.39 is 16.0 Å². The summed E-state index contributed by atoms with van der Waals surface area (Å²) in [6, 6.07) is 11.5. The Labute approximate surface area is 141 Å². The van der Waals surface area contributed by atoms with E-state index in [1.807, 2.05) is 12.1 Å². The summed E-state index contributed by atoms with van der Waals surface area (Å²) in [5.41, 5.74) is 2.57. The normalized spacial score (nSPS) is 14.0. The molecule has 3 rings (SSSR count). The SMILES string of the molecule is CC(C)c1ccc(S(=O)(=O)N2CCc3cc(C(=O)O)ccc32)cc1. The Kier molecular flexibility index (Phi) is 4.09. The van der Waals surface area contributed by atoms with Crippen molar-refractivity contribution in [2.75, 3.05) is 10.8 Å². The summed E-state index contributed by atoms with van der Waals surface area (Å²) in [7, 11) is -3.64. The zero-order chi connectivity index (χ0) is 17.5. The van der Waals surface area contributed by atoms with Crippen LogP contribution in [0.25, 0.3) is 0 Å². The number of fused-ring (bicyclic) bond motifs is 1. The highest BCUT2D eigenvalue weighted by Crippen LogP contribution is 2.33. The minimum absolute atomic E-state index is 0.175. The van der Waals surface area contributed by atoms with E-state index in [2.05, 4.69) is 13.8 Å². The highest BCUT2D eigenvalue weighted by Gasteiger charge is 2.31. The molecule has 0 radical (unpaired) electrons. The van der Waals surface area contributed by atoms with Crippen LogP contribution in [0.2, 0.25) is 0 Å². The van der Waals surface area contributed by atoms with Gasteiger partial charge in [-0.15, -0.1) is 0 Å². The Morgan fingerprint density at radius 2 is 1.79 bits per heavy atom. The lowest BCUT2D eigenvalue weighted by Crippen LogP contribution is -2.29. The van der Waals surface area contributed by atoms with Crippen LogP contribution in [0.15, 0.2) is 47.4 Å². The summed E-state index contributed by atoms with van der Waals surface area (Å²) >= 11 is 0. The summed E-state index contributed by atoms with van der Waals surface area (Å²) in [5, 5.41) is 9.06. The van der Waals surface area contributed by atoms with Gasteiger partial charge < -0.3 is 5.11 Å². The second-order valence-corrected chi connectivity index (χ2v) is 8.06. The number of hydrogen-bond donors (Lipinski definition) is 1. The van der Waals surface area contributed by atoms with Crippen LogP contribution in [0.1, 0.15) is 41.3 Å². The largest absolute Gasteiger partial charge is 0.478 e. The third kappa shape index (κ3) is 2.78. The number of sulfonamides is 1. The lowest BCUT2D eigenvalue weighted by Gasteiger charge is -2.20. The number of carboxylic acid groups (broad SMARTS) is 1. The molecular weight excluding hydrogens is 326 g/mol. The number of carboxylic acids is 1. The fraction of sp³-hybridized carbons (Fsp3) is 0.278. The van der Waals surface area contributed by atoms with Gasteiger partial charge in [-0.1, -0.05) is 26.0 Å². The first-order chi connectivity index (χ1) is 11.3. The molecular formula is C18H19NO4S. The van der Waals surface area contributed by atoms with Crippen molar-refractivity contribution in [3.63, 3.8) is 0 Å². The van der Waals surface area contributed by atoms with Crippen LogP contribution in [0.4, 0.5) is 5.69 Å². The van der Waals surface area contributed by atoms with E-state index in [9.17, 15) is 13.2 Å². The van der Waals surface area contributed by atoms with Gasteiger partial charge in [0, 0.05) is 6.54 Å². The van der Waals surface area contributed by atoms with E-state index in [4.69, 9.17) is 5.11 Å². The van der Waals surface area contributed by atoms with Crippen LogP contribution in [0, 0.1) is 0 Å². The van der Waals surface area contributed by atoms with Gasteiger partial charge in [0.2, 0.25) is 0 Å². The highest BCUT2D eigenvalue weighted by atomic mass is 32.2. The van der Waals surface area contributed by atoms with Gasteiger partial charge in [-0.2, -0.15) is 0 Å². The summed E-state index contributed by atoms with van der Waals surface area (Å²) in [6.45, 7) is 4.44. The molecule has 6 heteroatoms. The minimum atomic E-state index is -3.64. The molecule has 0 saturated carbocycles. The predicted octanol–water partition coefficient (Wildman–Crippen LogP) is 3.26. The highest BCUT2D eigenvalue weighted by molar-refractivity contribution is 7.92. The lowest BCUT2D eigenvalue weighted by atomic mass is 10.0. The van der Waals surface area contributed by atoms with Gasteiger partial charge >= 0.3 is 5.97 Å². The Morgan fingerprint density at radius 1 is 1.12 bits per heavy atom. The third-order valence-electron chi connectivity index (χ3n) is 4.31. The summed E-state index contributed by atoms with van der Waals surface area (Å²) in [4.78, 5) is 11.3. The van der Waals surface area contributed by atoms with Crippen LogP contribution in [0.5, 0.6) is 0 Å². The molecule has 126 valence electrons. The van der Waals surface area contributed by atoms with E-state index in [1.54, 1.807) is 24.3 Å². The first kappa shape index (κ1) is 16.5. The molecule has 0 fully saturated rings. The monoisotopic (exact) mass is 345 g/mol. The topological polar surface area (TPSA) is 74.7 Å². The molecule has 1 aliphatic heterocycles. The standard InChI is InChI=1S/C18H19NO4S/c1-12(2)13-3-6-16(7-4-13)24(22,23)19-10-9-14-11-15(18(20)21)5-8-17(14)19/h3-8,11-12H,9-10H2,1-2H3,(H,20,21). The van der Waals surface area contributed by atoms with E-state index >= 15 is 0 Å². The van der Waals surface area contributed by atoms with Crippen molar-refractivity contribution in [3.8, 4) is 0 Å². The number of benzene rings is 2. The lowest BCUT2D eigenvalue weighted by molar-refractivity contribution is 0.0697. The molecule has 1 aliphatic rings. The van der Waals surface area contributed by atoms with Crippen molar-refractivity contribution in [1.29, 1.82) is 0 Å². The average Bonchev–Trinajstić information content (AvgIpc) is 2.98. The van der Waals surface area contributed by atoms with Crippen LogP contribution >= 0.6 is 0 Å². The van der Waals surface area contributed by atoms with Crippen molar-refractivity contribution in [1.82, 2.24) is 0 Å². The number of hydrogen-bond acceptors (Lipinski definition) is 3. The number of carbonyl (C=O) groups is 1. The fourth-order valence-corrected chi connectivity index (χ4v) is 4.41. The molecule has 0 saturated heterocycles. The Morgan fingerprint density at radius 3 is 2.38 bits per heavy atom. The van der Waals surface area contributed by atoms with Crippen molar-refractivity contribution in [2.45, 2.75) is 31.1 Å². The van der Waals surface area contributed by atoms with E-state index in [1.165, 1.54) is 10.4 Å². The average molecular weight is 345 g/mol. The first-order valence-corrected chi connectivity index (χ1v) is 9.23. The van der Waals surface area contributed by atoms with Gasteiger partial charge in [0.15, 0.2) is 0 Å². The molecule has 5 nitrogen and oxygen atoms in total. The summed E-state index contributed by atoms with van der Waals surface area (Å²) in [5.74, 6) is -0.674. The van der Waals surface area contributed by atoms with Crippen molar-refractivity contribution in [3.05, 3.63) is 59.2 Å². The Balaban J connectivity index is 1.97. The molecule has 0 aromatic heterocycles. The van der Waals surface area contributed by atoms with Crippen LogP contribution in [-0.2, 0) is 16.4 Å². The first-order valence-electron chi connectivity index (χ1n) is 7.79. The molecule has 1 heterocycles. The van der Waals surface area contributed by atoms with Crippen molar-refractivity contribution >= 4 is 21.7 Å². The van der Waals surface area contributed by atoms with Crippen molar-refractivity contribution < 1.29 is 18.3 Å². The van der Waals surface area contributed by atoms with Gasteiger partial charge in [0.05, 0.1) is 16.1 Å². The smallest absolute Gasteiger partial charge is 0.335 e. The quantitative estimate of drug-likeness (QED) is 0.923. The zero-order valence-corrected chi connectivity index (χ0v) is 14.4. The Hall–Kier alpha value is -2.34. The molecule has 24 heavy (non-hydrogen) atoms. The van der Waals surface area contributed by atoms with Gasteiger partial charge in [-0.3, -0.25) is 4.31 Å². The molecule has 0 amide bonds.